The van der Waals surface area contributed by atoms with Crippen LogP contribution in [0.15, 0.2) is 18.2 Å². The zero-order valence-electron chi connectivity index (χ0n) is 8.26. The molecular formula is C11H15ClO. The van der Waals surface area contributed by atoms with Gasteiger partial charge in [-0.1, -0.05) is 30.7 Å². The molecule has 1 nitrogen and oxygen atoms in total. The minimum Gasteiger partial charge on any atom is -0.385 e. The van der Waals surface area contributed by atoms with Gasteiger partial charge in [0.05, 0.1) is 5.60 Å². The number of hydrogen-bond donors (Lipinski definition) is 1. The van der Waals surface area contributed by atoms with E-state index in [9.17, 15) is 5.11 Å². The SMILES string of the molecule is CCC(C)(O)c1ccc(C)cc1Cl. The van der Waals surface area contributed by atoms with Crippen LogP contribution in [0.2, 0.25) is 5.02 Å². The number of rotatable bonds is 2. The van der Waals surface area contributed by atoms with Crippen molar-refractivity contribution in [2.24, 2.45) is 0 Å². The molecule has 72 valence electrons. The number of benzene rings is 1. The Morgan fingerprint density at radius 2 is 2.08 bits per heavy atom. The van der Waals surface area contributed by atoms with Crippen molar-refractivity contribution in [1.29, 1.82) is 0 Å². The normalized spacial score (nSPS) is 15.5. The molecule has 0 bridgehead atoms. The Labute approximate surface area is 84.4 Å². The molecule has 1 aromatic carbocycles. The molecule has 0 saturated heterocycles. The fourth-order valence-corrected chi connectivity index (χ4v) is 1.69. The number of aryl methyl sites for hydroxylation is 1. The summed E-state index contributed by atoms with van der Waals surface area (Å²) in [5.41, 5.74) is 1.10. The van der Waals surface area contributed by atoms with Gasteiger partial charge >= 0.3 is 0 Å². The number of halogens is 1. The van der Waals surface area contributed by atoms with E-state index in [0.29, 0.717) is 11.4 Å². The van der Waals surface area contributed by atoms with Crippen molar-refractivity contribution in [3.05, 3.63) is 34.3 Å². The zero-order valence-corrected chi connectivity index (χ0v) is 9.02. The van der Waals surface area contributed by atoms with Crippen molar-refractivity contribution in [3.63, 3.8) is 0 Å². The van der Waals surface area contributed by atoms with Gasteiger partial charge in [-0.05, 0) is 31.9 Å². The predicted octanol–water partition coefficient (Wildman–Crippen LogP) is 3.27. The highest BCUT2D eigenvalue weighted by atomic mass is 35.5. The molecular weight excluding hydrogens is 184 g/mol. The quantitative estimate of drug-likeness (QED) is 0.774. The lowest BCUT2D eigenvalue weighted by molar-refractivity contribution is 0.0532. The summed E-state index contributed by atoms with van der Waals surface area (Å²) >= 11 is 6.03. The first-order valence-corrected chi connectivity index (χ1v) is 4.84. The first-order valence-electron chi connectivity index (χ1n) is 4.46. The van der Waals surface area contributed by atoms with Crippen molar-refractivity contribution in [2.75, 3.05) is 0 Å². The highest BCUT2D eigenvalue weighted by molar-refractivity contribution is 6.31. The Hall–Kier alpha value is -0.530. The highest BCUT2D eigenvalue weighted by Gasteiger charge is 2.22. The Morgan fingerprint density at radius 1 is 1.46 bits per heavy atom. The van der Waals surface area contributed by atoms with Gasteiger partial charge < -0.3 is 5.11 Å². The maximum atomic E-state index is 9.98. The third-order valence-electron chi connectivity index (χ3n) is 2.39. The van der Waals surface area contributed by atoms with E-state index in [1.165, 1.54) is 0 Å². The molecule has 1 aromatic rings. The summed E-state index contributed by atoms with van der Waals surface area (Å²) in [7, 11) is 0. The summed E-state index contributed by atoms with van der Waals surface area (Å²) < 4.78 is 0. The van der Waals surface area contributed by atoms with E-state index in [4.69, 9.17) is 11.6 Å². The topological polar surface area (TPSA) is 20.2 Å². The summed E-state index contributed by atoms with van der Waals surface area (Å²) in [6.45, 7) is 5.70. The summed E-state index contributed by atoms with van der Waals surface area (Å²) in [4.78, 5) is 0. The minimum absolute atomic E-state index is 0.645. The molecule has 0 saturated carbocycles. The standard InChI is InChI=1S/C11H15ClO/c1-4-11(3,13)9-6-5-8(2)7-10(9)12/h5-7,13H,4H2,1-3H3. The molecule has 1 atom stereocenters. The Bertz CT molecular complexity index is 305. The fraction of sp³-hybridized carbons (Fsp3) is 0.455. The van der Waals surface area contributed by atoms with Crippen LogP contribution in [0.5, 0.6) is 0 Å². The summed E-state index contributed by atoms with van der Waals surface area (Å²) in [6, 6.07) is 5.73. The number of hydrogen-bond acceptors (Lipinski definition) is 1. The van der Waals surface area contributed by atoms with Crippen molar-refractivity contribution in [3.8, 4) is 0 Å². The van der Waals surface area contributed by atoms with Crippen LogP contribution in [-0.4, -0.2) is 5.11 Å². The third-order valence-corrected chi connectivity index (χ3v) is 2.71. The van der Waals surface area contributed by atoms with E-state index in [0.717, 1.165) is 11.1 Å². The maximum absolute atomic E-state index is 9.98. The van der Waals surface area contributed by atoms with E-state index in [1.54, 1.807) is 6.92 Å². The Kier molecular flexibility index (Phi) is 2.99. The Morgan fingerprint density at radius 3 is 2.54 bits per heavy atom. The molecule has 0 aliphatic rings. The molecule has 1 rings (SSSR count). The summed E-state index contributed by atoms with van der Waals surface area (Å²) in [6.07, 6.45) is 0.662. The number of aliphatic hydroxyl groups is 1. The van der Waals surface area contributed by atoms with Gasteiger partial charge in [0.15, 0.2) is 0 Å². The smallest absolute Gasteiger partial charge is 0.0880 e. The van der Waals surface area contributed by atoms with Crippen LogP contribution in [0.25, 0.3) is 0 Å². The molecule has 0 aromatic heterocycles. The van der Waals surface area contributed by atoms with Crippen molar-refractivity contribution in [1.82, 2.24) is 0 Å². The second-order valence-corrected chi connectivity index (χ2v) is 4.02. The van der Waals surface area contributed by atoms with Crippen LogP contribution in [0.4, 0.5) is 0 Å². The van der Waals surface area contributed by atoms with E-state index < -0.39 is 5.60 Å². The second-order valence-electron chi connectivity index (χ2n) is 3.61. The van der Waals surface area contributed by atoms with Gasteiger partial charge in [0.25, 0.3) is 0 Å². The van der Waals surface area contributed by atoms with Gasteiger partial charge in [-0.3, -0.25) is 0 Å². The first kappa shape index (κ1) is 10.6. The molecule has 0 amide bonds. The molecule has 2 heteroatoms. The second kappa shape index (κ2) is 3.69. The van der Waals surface area contributed by atoms with Gasteiger partial charge in [-0.2, -0.15) is 0 Å². The molecule has 0 fully saturated rings. The van der Waals surface area contributed by atoms with Crippen molar-refractivity contribution >= 4 is 11.6 Å². The van der Waals surface area contributed by atoms with E-state index in [2.05, 4.69) is 0 Å². The van der Waals surface area contributed by atoms with Crippen LogP contribution < -0.4 is 0 Å². The van der Waals surface area contributed by atoms with Gasteiger partial charge in [0, 0.05) is 10.6 Å². The van der Waals surface area contributed by atoms with Crippen LogP contribution in [0, 0.1) is 6.92 Å². The Balaban J connectivity index is 3.16. The van der Waals surface area contributed by atoms with Gasteiger partial charge in [0.1, 0.15) is 0 Å². The molecule has 0 heterocycles. The van der Waals surface area contributed by atoms with Crippen LogP contribution >= 0.6 is 11.6 Å². The van der Waals surface area contributed by atoms with Crippen molar-refractivity contribution < 1.29 is 5.11 Å². The lowest BCUT2D eigenvalue weighted by Gasteiger charge is -2.23. The monoisotopic (exact) mass is 198 g/mol. The van der Waals surface area contributed by atoms with E-state index in [1.807, 2.05) is 32.0 Å². The average molecular weight is 199 g/mol. The molecule has 0 aliphatic heterocycles. The lowest BCUT2D eigenvalue weighted by Crippen LogP contribution is -2.20. The van der Waals surface area contributed by atoms with Gasteiger partial charge in [-0.25, -0.2) is 0 Å². The molecule has 0 spiro atoms. The third kappa shape index (κ3) is 2.23. The molecule has 0 radical (unpaired) electrons. The molecule has 1 N–H and O–H groups in total. The largest absolute Gasteiger partial charge is 0.385 e. The summed E-state index contributed by atoms with van der Waals surface area (Å²) in [5.74, 6) is 0. The zero-order chi connectivity index (χ0) is 10.1. The van der Waals surface area contributed by atoms with Crippen LogP contribution in [0.1, 0.15) is 31.4 Å². The van der Waals surface area contributed by atoms with E-state index >= 15 is 0 Å². The predicted molar refractivity (Wildman–Crippen MR) is 56.1 cm³/mol. The lowest BCUT2D eigenvalue weighted by atomic mass is 9.93. The van der Waals surface area contributed by atoms with E-state index in [-0.39, 0.29) is 0 Å². The summed E-state index contributed by atoms with van der Waals surface area (Å²) in [5, 5.41) is 10.6. The highest BCUT2D eigenvalue weighted by Crippen LogP contribution is 2.30. The molecule has 0 aliphatic carbocycles. The van der Waals surface area contributed by atoms with Crippen LogP contribution in [-0.2, 0) is 5.60 Å². The minimum atomic E-state index is -0.815. The van der Waals surface area contributed by atoms with Crippen molar-refractivity contribution in [2.45, 2.75) is 32.8 Å². The van der Waals surface area contributed by atoms with Gasteiger partial charge in [-0.15, -0.1) is 0 Å². The maximum Gasteiger partial charge on any atom is 0.0880 e. The van der Waals surface area contributed by atoms with Crippen LogP contribution in [0.3, 0.4) is 0 Å². The fourth-order valence-electron chi connectivity index (χ4n) is 1.25. The molecule has 1 unspecified atom stereocenters. The first-order chi connectivity index (χ1) is 5.97. The van der Waals surface area contributed by atoms with Gasteiger partial charge in [0.2, 0.25) is 0 Å². The molecule has 13 heavy (non-hydrogen) atoms. The average Bonchev–Trinajstić information content (AvgIpc) is 2.03.